The Morgan fingerprint density at radius 2 is 2.04 bits per heavy atom. The van der Waals surface area contributed by atoms with Crippen molar-refractivity contribution in [1.82, 2.24) is 15.5 Å². The van der Waals surface area contributed by atoms with E-state index in [9.17, 15) is 9.59 Å². The second-order valence-electron chi connectivity index (χ2n) is 6.41. The van der Waals surface area contributed by atoms with E-state index in [0.717, 1.165) is 49.9 Å². The van der Waals surface area contributed by atoms with Crippen molar-refractivity contribution in [3.63, 3.8) is 0 Å². The number of nitrogens with zero attached hydrogens (tertiary/aromatic N) is 1. The van der Waals surface area contributed by atoms with Crippen LogP contribution in [0.5, 0.6) is 0 Å². The quantitative estimate of drug-likeness (QED) is 0.867. The molecule has 2 N–H and O–H groups in total. The van der Waals surface area contributed by atoms with Crippen molar-refractivity contribution in [2.45, 2.75) is 51.2 Å². The number of piperidine rings is 1. The number of likely N-dealkylation sites (tertiary alicyclic amines) is 1. The van der Waals surface area contributed by atoms with Gasteiger partial charge in [0.2, 0.25) is 11.8 Å². The van der Waals surface area contributed by atoms with Crippen molar-refractivity contribution in [3.05, 3.63) is 35.4 Å². The number of hydrogen-bond donors (Lipinski definition) is 2. The molecule has 1 aromatic carbocycles. The third-order valence-electron chi connectivity index (χ3n) is 4.73. The number of hydrogen-bond acceptors (Lipinski definition) is 3. The number of amides is 2. The van der Waals surface area contributed by atoms with E-state index in [2.05, 4.69) is 10.6 Å². The zero-order chi connectivity index (χ0) is 16.1. The van der Waals surface area contributed by atoms with Crippen molar-refractivity contribution >= 4 is 11.8 Å². The van der Waals surface area contributed by atoms with E-state index < -0.39 is 0 Å². The van der Waals surface area contributed by atoms with Crippen LogP contribution in [0, 0.1) is 0 Å². The van der Waals surface area contributed by atoms with Gasteiger partial charge in [-0.15, -0.1) is 0 Å². The lowest BCUT2D eigenvalue weighted by Gasteiger charge is -2.23. The minimum absolute atomic E-state index is 0.0592. The summed E-state index contributed by atoms with van der Waals surface area (Å²) in [7, 11) is 0. The van der Waals surface area contributed by atoms with Gasteiger partial charge in [-0.25, -0.2) is 0 Å². The van der Waals surface area contributed by atoms with Gasteiger partial charge in [0, 0.05) is 26.1 Å². The molecule has 5 heteroatoms. The van der Waals surface area contributed by atoms with Crippen LogP contribution in [0.3, 0.4) is 0 Å². The third kappa shape index (κ3) is 4.10. The molecule has 23 heavy (non-hydrogen) atoms. The van der Waals surface area contributed by atoms with Crippen LogP contribution in [0.2, 0.25) is 0 Å². The Bertz CT molecular complexity index is 567. The van der Waals surface area contributed by atoms with E-state index in [1.807, 2.05) is 29.2 Å². The van der Waals surface area contributed by atoms with E-state index in [4.69, 9.17) is 0 Å². The van der Waals surface area contributed by atoms with Crippen LogP contribution >= 0.6 is 0 Å². The van der Waals surface area contributed by atoms with Gasteiger partial charge in [0.25, 0.3) is 0 Å². The lowest BCUT2D eigenvalue weighted by Crippen LogP contribution is -2.46. The summed E-state index contributed by atoms with van der Waals surface area (Å²) in [4.78, 5) is 26.0. The Hall–Kier alpha value is -1.88. The fourth-order valence-electron chi connectivity index (χ4n) is 3.34. The normalized spacial score (nSPS) is 21.5. The second kappa shape index (κ2) is 7.59. The molecule has 2 saturated heterocycles. The van der Waals surface area contributed by atoms with E-state index in [0.29, 0.717) is 19.5 Å². The van der Waals surface area contributed by atoms with Crippen LogP contribution in [-0.4, -0.2) is 35.8 Å². The average molecular weight is 315 g/mol. The van der Waals surface area contributed by atoms with Gasteiger partial charge < -0.3 is 15.5 Å². The largest absolute Gasteiger partial charge is 0.351 e. The lowest BCUT2D eigenvalue weighted by molar-refractivity contribution is -0.128. The first-order chi connectivity index (χ1) is 11.2. The van der Waals surface area contributed by atoms with Crippen LogP contribution in [0.4, 0.5) is 0 Å². The summed E-state index contributed by atoms with van der Waals surface area (Å²) in [6.07, 6.45) is 4.78. The van der Waals surface area contributed by atoms with Crippen molar-refractivity contribution in [2.75, 3.05) is 13.1 Å². The molecule has 0 bridgehead atoms. The first-order valence-electron chi connectivity index (χ1n) is 8.60. The standard InChI is InChI=1S/C18H25N3O2/c22-17-9-5-11-21(17)13-15-7-2-1-6-14(15)12-20-18(23)16-8-3-4-10-19-16/h1-2,6-7,16,19H,3-5,8-13H2,(H,20,23). The third-order valence-corrected chi connectivity index (χ3v) is 4.73. The molecule has 1 aromatic rings. The molecule has 2 aliphatic heterocycles. The number of rotatable bonds is 5. The fraction of sp³-hybridized carbons (Fsp3) is 0.556. The summed E-state index contributed by atoms with van der Waals surface area (Å²) in [6, 6.07) is 7.99. The average Bonchev–Trinajstić information content (AvgIpc) is 2.99. The Labute approximate surface area is 137 Å². The van der Waals surface area contributed by atoms with Gasteiger partial charge in [-0.3, -0.25) is 9.59 Å². The van der Waals surface area contributed by atoms with E-state index in [-0.39, 0.29) is 17.9 Å². The smallest absolute Gasteiger partial charge is 0.237 e. The van der Waals surface area contributed by atoms with Gasteiger partial charge in [-0.1, -0.05) is 30.7 Å². The molecule has 124 valence electrons. The molecular weight excluding hydrogens is 290 g/mol. The number of carbonyl (C=O) groups is 2. The molecule has 0 aromatic heterocycles. The molecule has 0 radical (unpaired) electrons. The van der Waals surface area contributed by atoms with Gasteiger partial charge >= 0.3 is 0 Å². The van der Waals surface area contributed by atoms with Crippen molar-refractivity contribution in [1.29, 1.82) is 0 Å². The van der Waals surface area contributed by atoms with Crippen LogP contribution < -0.4 is 10.6 Å². The summed E-state index contributed by atoms with van der Waals surface area (Å²) < 4.78 is 0. The predicted octanol–water partition coefficient (Wildman–Crippen LogP) is 1.57. The van der Waals surface area contributed by atoms with Gasteiger partial charge in [-0.05, 0) is 36.9 Å². The molecular formula is C18H25N3O2. The molecule has 3 rings (SSSR count). The summed E-state index contributed by atoms with van der Waals surface area (Å²) in [5, 5.41) is 6.31. The minimum Gasteiger partial charge on any atom is -0.351 e. The maximum Gasteiger partial charge on any atom is 0.237 e. The number of nitrogens with one attached hydrogen (secondary N) is 2. The first-order valence-corrected chi connectivity index (χ1v) is 8.60. The van der Waals surface area contributed by atoms with E-state index >= 15 is 0 Å². The summed E-state index contributed by atoms with van der Waals surface area (Å²) in [5.74, 6) is 0.312. The Morgan fingerprint density at radius 3 is 2.74 bits per heavy atom. The molecule has 2 aliphatic rings. The van der Waals surface area contributed by atoms with Crippen LogP contribution in [-0.2, 0) is 22.7 Å². The molecule has 0 saturated carbocycles. The highest BCUT2D eigenvalue weighted by atomic mass is 16.2. The van der Waals surface area contributed by atoms with Crippen LogP contribution in [0.1, 0.15) is 43.2 Å². The van der Waals surface area contributed by atoms with E-state index in [1.54, 1.807) is 0 Å². The molecule has 1 unspecified atom stereocenters. The zero-order valence-electron chi connectivity index (χ0n) is 13.5. The van der Waals surface area contributed by atoms with Crippen molar-refractivity contribution in [3.8, 4) is 0 Å². The monoisotopic (exact) mass is 315 g/mol. The number of benzene rings is 1. The topological polar surface area (TPSA) is 61.4 Å². The highest BCUT2D eigenvalue weighted by molar-refractivity contribution is 5.81. The van der Waals surface area contributed by atoms with Gasteiger partial charge in [0.05, 0.1) is 6.04 Å². The summed E-state index contributed by atoms with van der Waals surface area (Å²) >= 11 is 0. The van der Waals surface area contributed by atoms with Crippen molar-refractivity contribution in [2.24, 2.45) is 0 Å². The fourth-order valence-corrected chi connectivity index (χ4v) is 3.34. The summed E-state index contributed by atoms with van der Waals surface area (Å²) in [6.45, 7) is 2.93. The van der Waals surface area contributed by atoms with Gasteiger partial charge in [-0.2, -0.15) is 0 Å². The lowest BCUT2D eigenvalue weighted by atomic mass is 10.0. The first kappa shape index (κ1) is 16.0. The Kier molecular flexibility index (Phi) is 5.28. The second-order valence-corrected chi connectivity index (χ2v) is 6.41. The van der Waals surface area contributed by atoms with Crippen LogP contribution in [0.15, 0.2) is 24.3 Å². The zero-order valence-corrected chi connectivity index (χ0v) is 13.5. The van der Waals surface area contributed by atoms with Crippen molar-refractivity contribution < 1.29 is 9.59 Å². The predicted molar refractivity (Wildman–Crippen MR) is 88.6 cm³/mol. The molecule has 0 aliphatic carbocycles. The Morgan fingerprint density at radius 1 is 1.22 bits per heavy atom. The highest BCUT2D eigenvalue weighted by Gasteiger charge is 2.22. The van der Waals surface area contributed by atoms with Crippen LogP contribution in [0.25, 0.3) is 0 Å². The maximum absolute atomic E-state index is 12.2. The molecule has 2 heterocycles. The molecule has 1 atom stereocenters. The van der Waals surface area contributed by atoms with E-state index in [1.165, 1.54) is 0 Å². The van der Waals surface area contributed by atoms with Gasteiger partial charge in [0.1, 0.15) is 0 Å². The minimum atomic E-state index is -0.0592. The molecule has 2 fully saturated rings. The molecule has 5 nitrogen and oxygen atoms in total. The highest BCUT2D eigenvalue weighted by Crippen LogP contribution is 2.17. The Balaban J connectivity index is 1.59. The number of carbonyl (C=O) groups excluding carboxylic acids is 2. The summed E-state index contributed by atoms with van der Waals surface area (Å²) in [5.41, 5.74) is 2.22. The van der Waals surface area contributed by atoms with Gasteiger partial charge in [0.15, 0.2) is 0 Å². The molecule has 0 spiro atoms. The molecule has 2 amide bonds. The SMILES string of the molecule is O=C(NCc1ccccc1CN1CCCC1=O)C1CCCCN1. The maximum atomic E-state index is 12.2.